The lowest BCUT2D eigenvalue weighted by Crippen LogP contribution is -2.58. The fraction of sp³-hybridized carbons (Fsp3) is 0.558. The topological polar surface area (TPSA) is 120 Å². The molecule has 13 heteroatoms. The highest BCUT2D eigenvalue weighted by atomic mass is 35.5. The van der Waals surface area contributed by atoms with Crippen LogP contribution < -0.4 is 20.5 Å². The van der Waals surface area contributed by atoms with Gasteiger partial charge in [-0.05, 0) is 144 Å². The first-order valence-electron chi connectivity index (χ1n) is 24.7. The molecule has 8 heterocycles. The van der Waals surface area contributed by atoms with Crippen LogP contribution in [0.5, 0.6) is 5.75 Å². The standard InChI is InChI=1S/C52H58ClN7O5/c53-39-5-4-6-41-44(39)47(63)55-49-52(15-2-1-3-16-52)38-27-33(7-10-40(38)60(41)49)56-21-13-32(14-22-56)57-23-17-50(18-24-57)28-34(29-50)58-25-19-51(20-26-58)31-65-45-36-30-59(42-11-12-43(61)54-46(42)62)48(64)35(36)8-9-37(45)51/h4-10,27,32,34,42H,1-3,11-26,28-31H2,(H,54,61,62)/t42-/m0/s1. The number of anilines is 1. The van der Waals surface area contributed by atoms with Crippen molar-refractivity contribution in [1.29, 1.82) is 0 Å². The van der Waals surface area contributed by atoms with E-state index in [1.54, 1.807) is 11.0 Å². The molecule has 0 radical (unpaired) electrons. The summed E-state index contributed by atoms with van der Waals surface area (Å²) in [5, 5.41) is 3.40. The fourth-order valence-electron chi connectivity index (χ4n) is 14.5. The van der Waals surface area contributed by atoms with E-state index >= 15 is 0 Å². The molecule has 0 bridgehead atoms. The van der Waals surface area contributed by atoms with Crippen LogP contribution in [0, 0.1) is 5.41 Å². The Labute approximate surface area is 384 Å². The Morgan fingerprint density at radius 2 is 1.52 bits per heavy atom. The number of imide groups is 1. The van der Waals surface area contributed by atoms with E-state index in [4.69, 9.17) is 21.3 Å². The average Bonchev–Trinajstić information content (AvgIpc) is 3.93. The molecule has 7 aliphatic heterocycles. The van der Waals surface area contributed by atoms with Gasteiger partial charge in [0.15, 0.2) is 0 Å². The summed E-state index contributed by atoms with van der Waals surface area (Å²) >= 11 is 6.60. The smallest absolute Gasteiger partial charge is 0.282 e. The first kappa shape index (κ1) is 40.5. The van der Waals surface area contributed by atoms with E-state index in [9.17, 15) is 19.2 Å². The first-order valence-corrected chi connectivity index (χ1v) is 25.0. The lowest BCUT2D eigenvalue weighted by atomic mass is 9.59. The maximum atomic E-state index is 13.5. The van der Waals surface area contributed by atoms with E-state index in [0.717, 1.165) is 93.0 Å². The van der Waals surface area contributed by atoms with Crippen molar-refractivity contribution in [1.82, 2.24) is 29.6 Å². The van der Waals surface area contributed by atoms with Crippen LogP contribution in [0.3, 0.4) is 0 Å². The third-order valence-corrected chi connectivity index (χ3v) is 18.6. The number of aromatic nitrogens is 2. The summed E-state index contributed by atoms with van der Waals surface area (Å²) < 4.78 is 8.72. The highest BCUT2D eigenvalue weighted by Crippen LogP contribution is 2.56. The van der Waals surface area contributed by atoms with Gasteiger partial charge in [-0.3, -0.25) is 29.1 Å². The van der Waals surface area contributed by atoms with Crippen LogP contribution in [0.25, 0.3) is 16.6 Å². The summed E-state index contributed by atoms with van der Waals surface area (Å²) in [5.41, 5.74) is 7.46. The van der Waals surface area contributed by atoms with Gasteiger partial charge in [0.1, 0.15) is 17.6 Å². The minimum atomic E-state index is -0.618. The fourth-order valence-corrected chi connectivity index (χ4v) is 14.8. The van der Waals surface area contributed by atoms with Crippen molar-refractivity contribution >= 4 is 45.9 Å². The normalized spacial score (nSPS) is 26.0. The Kier molecular flexibility index (Phi) is 9.26. The number of benzene rings is 3. The number of hydrogen-bond donors (Lipinski definition) is 1. The second-order valence-electron chi connectivity index (χ2n) is 21.3. The second-order valence-corrected chi connectivity index (χ2v) is 21.8. The van der Waals surface area contributed by atoms with Gasteiger partial charge in [-0.25, -0.2) is 0 Å². The number of rotatable bonds is 4. The zero-order valence-electron chi connectivity index (χ0n) is 37.2. The summed E-state index contributed by atoms with van der Waals surface area (Å²) in [7, 11) is 0. The van der Waals surface area contributed by atoms with Gasteiger partial charge in [0.25, 0.3) is 11.5 Å². The van der Waals surface area contributed by atoms with Crippen molar-refractivity contribution in [2.24, 2.45) is 5.41 Å². The number of amides is 3. The minimum absolute atomic E-state index is 0.0256. The molecule has 338 valence electrons. The molecule has 13 rings (SSSR count). The number of piperidine rings is 4. The number of fused-ring (bicyclic) bond motifs is 11. The molecule has 1 aromatic heterocycles. The predicted molar refractivity (Wildman–Crippen MR) is 248 cm³/mol. The lowest BCUT2D eigenvalue weighted by Gasteiger charge is -2.57. The molecule has 9 aliphatic rings. The Balaban J connectivity index is 0.618. The van der Waals surface area contributed by atoms with Gasteiger partial charge in [-0.1, -0.05) is 43.0 Å². The summed E-state index contributed by atoms with van der Waals surface area (Å²) in [6.07, 6.45) is 15.9. The molecule has 1 N–H and O–H groups in total. The summed E-state index contributed by atoms with van der Waals surface area (Å²) in [5.74, 6) is 0.978. The van der Waals surface area contributed by atoms with Gasteiger partial charge in [-0.15, -0.1) is 0 Å². The van der Waals surface area contributed by atoms with Crippen molar-refractivity contribution < 1.29 is 19.1 Å². The van der Waals surface area contributed by atoms with Crippen LogP contribution in [0.15, 0.2) is 53.3 Å². The molecule has 3 spiro atoms. The van der Waals surface area contributed by atoms with Crippen LogP contribution in [0.1, 0.15) is 129 Å². The minimum Gasteiger partial charge on any atom is -0.492 e. The highest BCUT2D eigenvalue weighted by molar-refractivity contribution is 6.35. The third-order valence-electron chi connectivity index (χ3n) is 18.3. The van der Waals surface area contributed by atoms with E-state index < -0.39 is 6.04 Å². The van der Waals surface area contributed by atoms with Gasteiger partial charge >= 0.3 is 0 Å². The molecule has 65 heavy (non-hydrogen) atoms. The van der Waals surface area contributed by atoms with Crippen molar-refractivity contribution in [3.8, 4) is 11.4 Å². The third kappa shape index (κ3) is 6.10. The van der Waals surface area contributed by atoms with Gasteiger partial charge in [-0.2, -0.15) is 4.98 Å². The van der Waals surface area contributed by atoms with Crippen molar-refractivity contribution in [3.05, 3.63) is 92.0 Å². The number of carbonyl (C=O) groups is 3. The van der Waals surface area contributed by atoms with Crippen molar-refractivity contribution in [2.45, 2.75) is 132 Å². The second kappa shape index (κ2) is 14.9. The van der Waals surface area contributed by atoms with Gasteiger partial charge < -0.3 is 24.3 Å². The molecule has 1 atom stereocenters. The number of nitrogens with one attached hydrogen (secondary N) is 1. The summed E-state index contributed by atoms with van der Waals surface area (Å²) in [6, 6.07) is 17.6. The van der Waals surface area contributed by atoms with E-state index in [1.807, 2.05) is 18.2 Å². The zero-order chi connectivity index (χ0) is 43.8. The Morgan fingerprint density at radius 1 is 0.769 bits per heavy atom. The van der Waals surface area contributed by atoms with Crippen LogP contribution in [0.2, 0.25) is 5.02 Å². The zero-order valence-corrected chi connectivity index (χ0v) is 38.0. The van der Waals surface area contributed by atoms with Crippen molar-refractivity contribution in [3.63, 3.8) is 0 Å². The molecule has 4 saturated heterocycles. The Morgan fingerprint density at radius 3 is 2.29 bits per heavy atom. The number of ether oxygens (including phenoxy) is 1. The predicted octanol–water partition coefficient (Wildman–Crippen LogP) is 7.00. The monoisotopic (exact) mass is 895 g/mol. The van der Waals surface area contributed by atoms with Gasteiger partial charge in [0.05, 0.1) is 40.2 Å². The van der Waals surface area contributed by atoms with E-state index in [0.29, 0.717) is 53.0 Å². The summed E-state index contributed by atoms with van der Waals surface area (Å²) in [6.45, 7) is 7.72. The highest BCUT2D eigenvalue weighted by Gasteiger charge is 2.53. The molecule has 2 saturated carbocycles. The number of halogens is 1. The Hall–Kier alpha value is -4.78. The molecule has 0 unspecified atom stereocenters. The van der Waals surface area contributed by atoms with Crippen molar-refractivity contribution in [2.75, 3.05) is 50.8 Å². The van der Waals surface area contributed by atoms with E-state index in [-0.39, 0.29) is 40.5 Å². The molecule has 12 nitrogen and oxygen atoms in total. The van der Waals surface area contributed by atoms with Crippen LogP contribution in [-0.2, 0) is 27.0 Å². The summed E-state index contributed by atoms with van der Waals surface area (Å²) in [4.78, 5) is 66.0. The van der Waals surface area contributed by atoms with Crippen LogP contribution in [0.4, 0.5) is 5.69 Å². The van der Waals surface area contributed by atoms with Gasteiger partial charge in [0, 0.05) is 59.4 Å². The molecule has 6 fully saturated rings. The van der Waals surface area contributed by atoms with Gasteiger partial charge in [0.2, 0.25) is 11.8 Å². The van der Waals surface area contributed by atoms with E-state index in [2.05, 4.69) is 48.8 Å². The molecule has 2 aliphatic carbocycles. The largest absolute Gasteiger partial charge is 0.492 e. The average molecular weight is 897 g/mol. The first-order chi connectivity index (χ1) is 31.6. The molecular weight excluding hydrogens is 838 g/mol. The molecule has 3 amide bonds. The van der Waals surface area contributed by atoms with E-state index in [1.165, 1.54) is 74.8 Å². The number of hydrogen-bond acceptors (Lipinski definition) is 9. The maximum absolute atomic E-state index is 13.5. The maximum Gasteiger partial charge on any atom is 0.282 e. The molecule has 4 aromatic rings. The lowest BCUT2D eigenvalue weighted by molar-refractivity contribution is -0.136. The molecule has 3 aromatic carbocycles. The SMILES string of the molecule is O=C1CC[C@H](N2Cc3c(ccc4c3OCC43CCN(C4CC5(CCN(C6CCN(c7ccc8c(c7)C7(CCCCC7)c7nc(=O)c9c(Cl)cccc9n7-8)CC6)CC5)C4)CC3)C2=O)C(=O)N1. The Bertz CT molecular complexity index is 2730. The quantitative estimate of drug-likeness (QED) is 0.216. The number of carbonyl (C=O) groups excluding carboxylic acids is 3. The van der Waals surface area contributed by atoms with Crippen LogP contribution >= 0.6 is 11.6 Å². The van der Waals surface area contributed by atoms with Crippen LogP contribution in [-0.4, -0.2) is 106 Å². The number of likely N-dealkylation sites (tertiary alicyclic amines) is 2. The molecular formula is C52H58ClN7O5. The number of nitrogens with zero attached hydrogens (tertiary/aromatic N) is 6.